The van der Waals surface area contributed by atoms with E-state index < -0.39 is 5.97 Å². The molecule has 1 heterocycles. The Morgan fingerprint density at radius 2 is 2.24 bits per heavy atom. The normalized spacial score (nSPS) is 11.8. The highest BCUT2D eigenvalue weighted by atomic mass is 16.4. The Kier molecular flexibility index (Phi) is 5.13. The SMILES string of the molecule is CCC(CNC(=O)c1ccccn1)CC(=O)O. The molecule has 1 unspecified atom stereocenters. The number of hydrogen-bond donors (Lipinski definition) is 2. The summed E-state index contributed by atoms with van der Waals surface area (Å²) in [6, 6.07) is 5.08. The fourth-order valence-electron chi connectivity index (χ4n) is 1.43. The molecule has 1 amide bonds. The molecule has 0 aliphatic heterocycles. The average Bonchev–Trinajstić information content (AvgIpc) is 2.34. The predicted molar refractivity (Wildman–Crippen MR) is 62.6 cm³/mol. The smallest absolute Gasteiger partial charge is 0.303 e. The molecule has 1 aromatic rings. The summed E-state index contributed by atoms with van der Waals surface area (Å²) in [6.07, 6.45) is 2.33. The van der Waals surface area contributed by atoms with Crippen LogP contribution >= 0.6 is 0 Å². The number of carboxylic acids is 1. The van der Waals surface area contributed by atoms with Gasteiger partial charge in [-0.05, 0) is 18.1 Å². The first-order valence-electron chi connectivity index (χ1n) is 5.54. The van der Waals surface area contributed by atoms with Gasteiger partial charge in [0.25, 0.3) is 5.91 Å². The number of carboxylic acid groups (broad SMARTS) is 1. The summed E-state index contributed by atoms with van der Waals surface area (Å²) in [5.74, 6) is -1.15. The van der Waals surface area contributed by atoms with Crippen LogP contribution in [0.3, 0.4) is 0 Å². The van der Waals surface area contributed by atoms with Crippen molar-refractivity contribution in [1.29, 1.82) is 0 Å². The van der Waals surface area contributed by atoms with Gasteiger partial charge in [-0.25, -0.2) is 0 Å². The molecule has 17 heavy (non-hydrogen) atoms. The van der Waals surface area contributed by atoms with Crippen LogP contribution in [0.2, 0.25) is 0 Å². The Morgan fingerprint density at radius 1 is 1.47 bits per heavy atom. The molecule has 0 aliphatic rings. The first-order valence-corrected chi connectivity index (χ1v) is 5.54. The van der Waals surface area contributed by atoms with Crippen LogP contribution in [0.15, 0.2) is 24.4 Å². The number of carbonyl (C=O) groups is 2. The van der Waals surface area contributed by atoms with Crippen molar-refractivity contribution in [3.05, 3.63) is 30.1 Å². The predicted octanol–water partition coefficient (Wildman–Crippen LogP) is 1.31. The van der Waals surface area contributed by atoms with E-state index in [1.807, 2.05) is 6.92 Å². The van der Waals surface area contributed by atoms with E-state index in [4.69, 9.17) is 5.11 Å². The van der Waals surface area contributed by atoms with E-state index in [0.29, 0.717) is 12.2 Å². The van der Waals surface area contributed by atoms with Crippen molar-refractivity contribution in [2.75, 3.05) is 6.54 Å². The lowest BCUT2D eigenvalue weighted by molar-refractivity contribution is -0.138. The molecular formula is C12H16N2O3. The Morgan fingerprint density at radius 3 is 2.76 bits per heavy atom. The summed E-state index contributed by atoms with van der Waals surface area (Å²) >= 11 is 0. The van der Waals surface area contributed by atoms with Gasteiger partial charge in [0.15, 0.2) is 0 Å². The minimum atomic E-state index is -0.844. The second-order valence-electron chi connectivity index (χ2n) is 3.80. The summed E-state index contributed by atoms with van der Waals surface area (Å²) in [4.78, 5) is 26.1. The molecule has 0 saturated carbocycles. The van der Waals surface area contributed by atoms with Gasteiger partial charge in [-0.3, -0.25) is 14.6 Å². The first kappa shape index (κ1) is 13.2. The second kappa shape index (κ2) is 6.62. The van der Waals surface area contributed by atoms with Crippen molar-refractivity contribution in [1.82, 2.24) is 10.3 Å². The summed E-state index contributed by atoms with van der Waals surface area (Å²) in [5, 5.41) is 11.4. The monoisotopic (exact) mass is 236 g/mol. The number of pyridine rings is 1. The minimum Gasteiger partial charge on any atom is -0.481 e. The number of amides is 1. The third kappa shape index (κ3) is 4.63. The molecule has 5 heteroatoms. The number of rotatable bonds is 6. The molecule has 5 nitrogen and oxygen atoms in total. The van der Waals surface area contributed by atoms with E-state index >= 15 is 0 Å². The molecule has 0 bridgehead atoms. The van der Waals surface area contributed by atoms with E-state index in [2.05, 4.69) is 10.3 Å². The van der Waals surface area contributed by atoms with Crippen molar-refractivity contribution in [3.8, 4) is 0 Å². The summed E-state index contributed by atoms with van der Waals surface area (Å²) in [5.41, 5.74) is 0.345. The van der Waals surface area contributed by atoms with Gasteiger partial charge < -0.3 is 10.4 Å². The lowest BCUT2D eigenvalue weighted by atomic mass is 10.0. The summed E-state index contributed by atoms with van der Waals surface area (Å²) in [6.45, 7) is 2.26. The van der Waals surface area contributed by atoms with Crippen molar-refractivity contribution in [3.63, 3.8) is 0 Å². The number of aromatic nitrogens is 1. The molecule has 92 valence electrons. The Bertz CT molecular complexity index is 379. The highest BCUT2D eigenvalue weighted by Gasteiger charge is 2.13. The van der Waals surface area contributed by atoms with Crippen LogP contribution in [0.1, 0.15) is 30.3 Å². The van der Waals surface area contributed by atoms with Gasteiger partial charge in [-0.2, -0.15) is 0 Å². The number of carbonyl (C=O) groups excluding carboxylic acids is 1. The number of nitrogens with one attached hydrogen (secondary N) is 1. The van der Waals surface area contributed by atoms with Gasteiger partial charge in [0.1, 0.15) is 5.69 Å². The van der Waals surface area contributed by atoms with Crippen LogP contribution in [0.5, 0.6) is 0 Å². The quantitative estimate of drug-likeness (QED) is 0.780. The van der Waals surface area contributed by atoms with Crippen LogP contribution < -0.4 is 5.32 Å². The number of aliphatic carboxylic acids is 1. The van der Waals surface area contributed by atoms with Gasteiger partial charge in [0.2, 0.25) is 0 Å². The van der Waals surface area contributed by atoms with Crippen molar-refractivity contribution in [2.45, 2.75) is 19.8 Å². The number of hydrogen-bond acceptors (Lipinski definition) is 3. The van der Waals surface area contributed by atoms with Gasteiger partial charge in [0, 0.05) is 19.2 Å². The fourth-order valence-corrected chi connectivity index (χ4v) is 1.43. The third-order valence-electron chi connectivity index (χ3n) is 2.49. The molecule has 0 aliphatic carbocycles. The van der Waals surface area contributed by atoms with Gasteiger partial charge >= 0.3 is 5.97 Å². The molecule has 0 aromatic carbocycles. The molecular weight excluding hydrogens is 220 g/mol. The van der Waals surface area contributed by atoms with E-state index in [1.165, 1.54) is 0 Å². The molecule has 0 radical (unpaired) electrons. The molecule has 1 aromatic heterocycles. The Balaban J connectivity index is 2.44. The zero-order valence-corrected chi connectivity index (χ0v) is 9.72. The zero-order valence-electron chi connectivity index (χ0n) is 9.72. The second-order valence-corrected chi connectivity index (χ2v) is 3.80. The van der Waals surface area contributed by atoms with Crippen LogP contribution in [0, 0.1) is 5.92 Å². The van der Waals surface area contributed by atoms with Crippen molar-refractivity contribution < 1.29 is 14.7 Å². The van der Waals surface area contributed by atoms with Crippen molar-refractivity contribution in [2.24, 2.45) is 5.92 Å². The standard InChI is InChI=1S/C12H16N2O3/c1-2-9(7-11(15)16)8-14-12(17)10-5-3-4-6-13-10/h3-6,9H,2,7-8H2,1H3,(H,14,17)(H,15,16). The maximum absolute atomic E-state index is 11.6. The van der Waals surface area contributed by atoms with Crippen LogP contribution in [-0.2, 0) is 4.79 Å². The molecule has 0 fully saturated rings. The largest absolute Gasteiger partial charge is 0.481 e. The molecule has 2 N–H and O–H groups in total. The fraction of sp³-hybridized carbons (Fsp3) is 0.417. The molecule has 1 atom stereocenters. The zero-order chi connectivity index (χ0) is 12.7. The van der Waals surface area contributed by atoms with Crippen LogP contribution in [-0.4, -0.2) is 28.5 Å². The average molecular weight is 236 g/mol. The number of nitrogens with zero attached hydrogens (tertiary/aromatic N) is 1. The van der Waals surface area contributed by atoms with E-state index in [9.17, 15) is 9.59 Å². The molecule has 1 rings (SSSR count). The lowest BCUT2D eigenvalue weighted by Gasteiger charge is -2.12. The maximum Gasteiger partial charge on any atom is 0.303 e. The van der Waals surface area contributed by atoms with Gasteiger partial charge in [0.05, 0.1) is 0 Å². The third-order valence-corrected chi connectivity index (χ3v) is 2.49. The van der Waals surface area contributed by atoms with E-state index in [-0.39, 0.29) is 18.2 Å². The van der Waals surface area contributed by atoms with Crippen LogP contribution in [0.4, 0.5) is 0 Å². The highest BCUT2D eigenvalue weighted by Crippen LogP contribution is 2.06. The Labute approximate surface area is 99.9 Å². The summed E-state index contributed by atoms with van der Waals surface area (Å²) < 4.78 is 0. The van der Waals surface area contributed by atoms with E-state index in [0.717, 1.165) is 6.42 Å². The van der Waals surface area contributed by atoms with Gasteiger partial charge in [-0.1, -0.05) is 19.4 Å². The first-order chi connectivity index (χ1) is 8.13. The Hall–Kier alpha value is -1.91. The summed E-state index contributed by atoms with van der Waals surface area (Å²) in [7, 11) is 0. The molecule has 0 spiro atoms. The molecule has 0 saturated heterocycles. The van der Waals surface area contributed by atoms with Crippen LogP contribution in [0.25, 0.3) is 0 Å². The highest BCUT2D eigenvalue weighted by molar-refractivity contribution is 5.92. The minimum absolute atomic E-state index is 0.0415. The topological polar surface area (TPSA) is 79.3 Å². The van der Waals surface area contributed by atoms with E-state index in [1.54, 1.807) is 24.4 Å². The van der Waals surface area contributed by atoms with Crippen molar-refractivity contribution >= 4 is 11.9 Å². The lowest BCUT2D eigenvalue weighted by Crippen LogP contribution is -2.30. The maximum atomic E-state index is 11.6. The van der Waals surface area contributed by atoms with Gasteiger partial charge in [-0.15, -0.1) is 0 Å².